The van der Waals surface area contributed by atoms with Crippen molar-refractivity contribution in [3.8, 4) is 5.75 Å². The first-order valence-corrected chi connectivity index (χ1v) is 9.71. The van der Waals surface area contributed by atoms with Crippen molar-refractivity contribution in [1.29, 1.82) is 0 Å². The van der Waals surface area contributed by atoms with Crippen molar-refractivity contribution in [2.45, 2.75) is 9.79 Å². The Kier molecular flexibility index (Phi) is 4.18. The molecule has 2 aromatic rings. The molecule has 0 aromatic heterocycles. The molecule has 24 heavy (non-hydrogen) atoms. The van der Waals surface area contributed by atoms with E-state index in [0.717, 1.165) is 9.20 Å². The maximum absolute atomic E-state index is 12.9. The van der Waals surface area contributed by atoms with Gasteiger partial charge in [0.1, 0.15) is 10.6 Å². The van der Waals surface area contributed by atoms with Crippen molar-refractivity contribution in [3.63, 3.8) is 0 Å². The molecule has 1 aliphatic heterocycles. The van der Waals surface area contributed by atoms with Crippen LogP contribution in [-0.2, 0) is 10.0 Å². The summed E-state index contributed by atoms with van der Waals surface area (Å²) in [5.41, 5.74) is 0.613. The number of anilines is 2. The molecule has 0 atom stereocenters. The van der Waals surface area contributed by atoms with Gasteiger partial charge in [-0.25, -0.2) is 13.2 Å². The van der Waals surface area contributed by atoms with Crippen LogP contribution < -0.4 is 13.9 Å². The monoisotopic (exact) mass is 364 g/mol. The Morgan fingerprint density at radius 2 is 1.75 bits per heavy atom. The van der Waals surface area contributed by atoms with Crippen LogP contribution in [0.15, 0.2) is 52.3 Å². The minimum atomic E-state index is -3.98. The average molecular weight is 364 g/mol. The van der Waals surface area contributed by atoms with E-state index in [2.05, 4.69) is 0 Å². The zero-order valence-electron chi connectivity index (χ0n) is 13.4. The molecule has 0 bridgehead atoms. The summed E-state index contributed by atoms with van der Waals surface area (Å²) in [4.78, 5) is 15.0. The van der Waals surface area contributed by atoms with Crippen molar-refractivity contribution in [1.82, 2.24) is 0 Å². The Morgan fingerprint density at radius 1 is 1.08 bits per heavy atom. The van der Waals surface area contributed by atoms with Crippen LogP contribution in [0.25, 0.3) is 0 Å². The van der Waals surface area contributed by atoms with E-state index in [4.69, 9.17) is 4.74 Å². The smallest absolute Gasteiger partial charge is 0.342 e. The van der Waals surface area contributed by atoms with Gasteiger partial charge >= 0.3 is 6.03 Å². The maximum Gasteiger partial charge on any atom is 0.342 e. The summed E-state index contributed by atoms with van der Waals surface area (Å²) in [5, 5.41) is 0. The number of thioether (sulfide) groups is 1. The molecule has 0 saturated heterocycles. The van der Waals surface area contributed by atoms with E-state index in [1.54, 1.807) is 55.2 Å². The first kappa shape index (κ1) is 16.7. The van der Waals surface area contributed by atoms with E-state index in [0.29, 0.717) is 17.1 Å². The maximum atomic E-state index is 12.9. The lowest BCUT2D eigenvalue weighted by Gasteiger charge is -2.34. The zero-order chi connectivity index (χ0) is 17.5. The summed E-state index contributed by atoms with van der Waals surface area (Å²) in [6.45, 7) is 0. The van der Waals surface area contributed by atoms with Gasteiger partial charge in [0.25, 0.3) is 10.0 Å². The van der Waals surface area contributed by atoms with Gasteiger partial charge in [0, 0.05) is 18.0 Å². The number of hydrogen-bond donors (Lipinski definition) is 0. The topological polar surface area (TPSA) is 66.9 Å². The van der Waals surface area contributed by atoms with E-state index in [-0.39, 0.29) is 4.90 Å². The van der Waals surface area contributed by atoms with Crippen LogP contribution in [0.4, 0.5) is 16.2 Å². The second kappa shape index (κ2) is 6.03. The largest absolute Gasteiger partial charge is 0.497 e. The molecule has 0 unspecified atom stereocenters. The summed E-state index contributed by atoms with van der Waals surface area (Å²) in [5.74, 6) is 0.487. The average Bonchev–Trinajstić information content (AvgIpc) is 2.60. The van der Waals surface area contributed by atoms with Crippen LogP contribution in [0.1, 0.15) is 0 Å². The molecule has 8 heteroatoms. The summed E-state index contributed by atoms with van der Waals surface area (Å²) in [6, 6.07) is 10.8. The number of benzene rings is 2. The van der Waals surface area contributed by atoms with Gasteiger partial charge in [0.05, 0.1) is 18.5 Å². The van der Waals surface area contributed by atoms with Gasteiger partial charge in [-0.05, 0) is 42.7 Å². The second-order valence-electron chi connectivity index (χ2n) is 5.14. The fraction of sp³-hybridized carbons (Fsp3) is 0.188. The highest BCUT2D eigenvalue weighted by Crippen LogP contribution is 2.38. The molecule has 2 amide bonds. The van der Waals surface area contributed by atoms with Crippen molar-refractivity contribution in [2.24, 2.45) is 0 Å². The molecule has 0 saturated carbocycles. The summed E-state index contributed by atoms with van der Waals surface area (Å²) in [7, 11) is -0.956. The van der Waals surface area contributed by atoms with Gasteiger partial charge < -0.3 is 4.74 Å². The number of sulfonamides is 1. The van der Waals surface area contributed by atoms with Crippen molar-refractivity contribution in [3.05, 3.63) is 42.5 Å². The highest BCUT2D eigenvalue weighted by Gasteiger charge is 2.41. The number of carbonyl (C=O) groups is 1. The van der Waals surface area contributed by atoms with E-state index in [1.165, 1.54) is 18.1 Å². The van der Waals surface area contributed by atoms with E-state index >= 15 is 0 Å². The molecule has 0 aliphatic carbocycles. The number of hydrogen-bond acceptors (Lipinski definition) is 5. The van der Waals surface area contributed by atoms with E-state index in [1.807, 2.05) is 6.26 Å². The quantitative estimate of drug-likeness (QED) is 0.783. The third kappa shape index (κ3) is 2.51. The number of ether oxygens (including phenoxy) is 1. The Labute approximate surface area is 145 Å². The van der Waals surface area contributed by atoms with Crippen LogP contribution in [0.5, 0.6) is 5.75 Å². The van der Waals surface area contributed by atoms with Gasteiger partial charge in [-0.1, -0.05) is 0 Å². The SMILES string of the molecule is COc1ccc2c(c1)N(C)C(=O)N(c1ccc(SC)cc1)S2(=O)=O. The molecule has 126 valence electrons. The number of urea groups is 1. The molecule has 2 aromatic carbocycles. The minimum Gasteiger partial charge on any atom is -0.497 e. The Morgan fingerprint density at radius 3 is 2.33 bits per heavy atom. The number of carbonyl (C=O) groups excluding carboxylic acids is 1. The molecular weight excluding hydrogens is 348 g/mol. The number of rotatable bonds is 3. The number of nitrogens with zero attached hydrogens (tertiary/aromatic N) is 2. The third-order valence-electron chi connectivity index (χ3n) is 3.81. The van der Waals surface area contributed by atoms with Gasteiger partial charge in [-0.2, -0.15) is 4.31 Å². The van der Waals surface area contributed by atoms with Crippen molar-refractivity contribution >= 4 is 39.2 Å². The summed E-state index contributed by atoms with van der Waals surface area (Å²) >= 11 is 1.54. The minimum absolute atomic E-state index is 0.0688. The lowest BCUT2D eigenvalue weighted by Crippen LogP contribution is -2.49. The Bertz CT molecular complexity index is 895. The Hall–Kier alpha value is -2.19. The number of fused-ring (bicyclic) bond motifs is 1. The van der Waals surface area contributed by atoms with Crippen LogP contribution >= 0.6 is 11.8 Å². The summed E-state index contributed by atoms with van der Waals surface area (Å²) < 4.78 is 31.8. The Balaban J connectivity index is 2.16. The molecule has 0 fully saturated rings. The van der Waals surface area contributed by atoms with E-state index in [9.17, 15) is 13.2 Å². The van der Waals surface area contributed by atoms with Crippen LogP contribution in [0.2, 0.25) is 0 Å². The predicted molar refractivity (Wildman–Crippen MR) is 94.7 cm³/mol. The predicted octanol–water partition coefficient (Wildman–Crippen LogP) is 3.18. The molecule has 0 radical (unpaired) electrons. The molecule has 0 N–H and O–H groups in total. The zero-order valence-corrected chi connectivity index (χ0v) is 15.0. The molecule has 6 nitrogen and oxygen atoms in total. The fourth-order valence-corrected chi connectivity index (χ4v) is 4.54. The van der Waals surface area contributed by atoms with Gasteiger partial charge in [0.2, 0.25) is 0 Å². The molecule has 3 rings (SSSR count). The first-order valence-electron chi connectivity index (χ1n) is 7.05. The van der Waals surface area contributed by atoms with Gasteiger partial charge in [-0.15, -0.1) is 11.8 Å². The first-order chi connectivity index (χ1) is 11.4. The highest BCUT2D eigenvalue weighted by molar-refractivity contribution is 7.98. The standard InChI is InChI=1S/C16H16N2O4S2/c1-17-14-10-12(22-2)6-9-15(14)24(20,21)18(16(17)19)11-4-7-13(23-3)8-5-11/h4-10H,1-3H3. The number of methoxy groups -OCH3 is 1. The van der Waals surface area contributed by atoms with Crippen molar-refractivity contribution in [2.75, 3.05) is 29.6 Å². The summed E-state index contributed by atoms with van der Waals surface area (Å²) in [6.07, 6.45) is 1.93. The van der Waals surface area contributed by atoms with Gasteiger partial charge in [0.15, 0.2) is 0 Å². The molecule has 0 spiro atoms. The molecular formula is C16H16N2O4S2. The van der Waals surface area contributed by atoms with Crippen LogP contribution in [0.3, 0.4) is 0 Å². The van der Waals surface area contributed by atoms with Crippen molar-refractivity contribution < 1.29 is 17.9 Å². The number of amides is 2. The highest BCUT2D eigenvalue weighted by atomic mass is 32.2. The van der Waals surface area contributed by atoms with E-state index < -0.39 is 16.1 Å². The fourth-order valence-electron chi connectivity index (χ4n) is 2.51. The normalized spacial score (nSPS) is 16.0. The van der Waals surface area contributed by atoms with Crippen LogP contribution in [0, 0.1) is 0 Å². The second-order valence-corrected chi connectivity index (χ2v) is 7.78. The lowest BCUT2D eigenvalue weighted by molar-refractivity contribution is 0.255. The third-order valence-corrected chi connectivity index (χ3v) is 6.31. The molecule has 1 aliphatic rings. The lowest BCUT2D eigenvalue weighted by atomic mass is 10.2. The van der Waals surface area contributed by atoms with Crippen LogP contribution in [-0.4, -0.2) is 34.9 Å². The van der Waals surface area contributed by atoms with Gasteiger partial charge in [-0.3, -0.25) is 4.90 Å². The molecule has 1 heterocycles.